The molecule has 4 aromatic carbocycles. The summed E-state index contributed by atoms with van der Waals surface area (Å²) >= 11 is 1.45. The first kappa shape index (κ1) is 23.7. The summed E-state index contributed by atoms with van der Waals surface area (Å²) in [5, 5.41) is 35.4. The maximum Gasteiger partial charge on any atom is 0.251 e. The molecule has 0 saturated heterocycles. The number of hydrogen-bond donors (Lipinski definition) is 1. The van der Waals surface area contributed by atoms with E-state index >= 15 is 0 Å². The van der Waals surface area contributed by atoms with Gasteiger partial charge >= 0.3 is 0 Å². The third kappa shape index (κ3) is 4.99. The molecule has 0 aliphatic carbocycles. The molecule has 36 heavy (non-hydrogen) atoms. The average molecular weight is 494 g/mol. The van der Waals surface area contributed by atoms with Gasteiger partial charge in [-0.2, -0.15) is 0 Å². The number of nitrogens with one attached hydrogen (secondary N) is 1. The van der Waals surface area contributed by atoms with Gasteiger partial charge in [0, 0.05) is 33.3 Å². The molecule has 0 saturated carbocycles. The van der Waals surface area contributed by atoms with Crippen molar-refractivity contribution in [1.82, 2.24) is 10.2 Å². The Bertz CT molecular complexity index is 1570. The highest BCUT2D eigenvalue weighted by Gasteiger charge is 2.09. The van der Waals surface area contributed by atoms with E-state index in [4.69, 9.17) is 0 Å². The molecule has 180 valence electrons. The summed E-state index contributed by atoms with van der Waals surface area (Å²) in [6.07, 6.45) is 1.89. The van der Waals surface area contributed by atoms with Crippen molar-refractivity contribution in [2.45, 2.75) is 39.7 Å². The van der Waals surface area contributed by atoms with Crippen LogP contribution in [0.25, 0.3) is 21.5 Å². The van der Waals surface area contributed by atoms with Crippen LogP contribution < -0.4 is 5.32 Å². The van der Waals surface area contributed by atoms with Gasteiger partial charge in [-0.25, -0.2) is 0 Å². The van der Waals surface area contributed by atoms with E-state index in [1.54, 1.807) is 0 Å². The Labute approximate surface area is 214 Å². The fourth-order valence-corrected chi connectivity index (χ4v) is 4.54. The number of hydrogen-bond acceptors (Lipinski definition) is 8. The number of benzene rings is 4. The van der Waals surface area contributed by atoms with Crippen LogP contribution in [0.3, 0.4) is 0 Å². The SMILES string of the molecule is CCc1nnc(/N=N/c2ccc(/N=N/c3ccc(NC(C)CC)c4ccccc34)c3ccccc23)s1. The quantitative estimate of drug-likeness (QED) is 0.218. The number of aromatic nitrogens is 2. The lowest BCUT2D eigenvalue weighted by molar-refractivity contribution is 0.765. The molecule has 1 aromatic heterocycles. The molecule has 8 heteroatoms. The van der Waals surface area contributed by atoms with Gasteiger partial charge in [-0.15, -0.1) is 30.7 Å². The van der Waals surface area contributed by atoms with E-state index < -0.39 is 0 Å². The average Bonchev–Trinajstić information content (AvgIpc) is 3.40. The fraction of sp³-hybridized carbons (Fsp3) is 0.214. The summed E-state index contributed by atoms with van der Waals surface area (Å²) in [4.78, 5) is 0. The van der Waals surface area contributed by atoms with Gasteiger partial charge in [0.15, 0.2) is 0 Å². The molecule has 0 fully saturated rings. The summed E-state index contributed by atoms with van der Waals surface area (Å²) < 4.78 is 0. The Kier molecular flexibility index (Phi) is 7.04. The van der Waals surface area contributed by atoms with Gasteiger partial charge in [-0.3, -0.25) is 0 Å². The van der Waals surface area contributed by atoms with E-state index in [1.165, 1.54) is 11.3 Å². The van der Waals surface area contributed by atoms with Crippen molar-refractivity contribution in [2.24, 2.45) is 20.5 Å². The molecule has 0 bridgehead atoms. The highest BCUT2D eigenvalue weighted by atomic mass is 32.1. The normalized spacial score (nSPS) is 12.8. The second-order valence-corrected chi connectivity index (χ2v) is 9.55. The minimum atomic E-state index is 0.392. The molecule has 1 N–H and O–H groups in total. The van der Waals surface area contributed by atoms with Crippen molar-refractivity contribution < 1.29 is 0 Å². The van der Waals surface area contributed by atoms with Crippen LogP contribution in [0.15, 0.2) is 93.3 Å². The zero-order valence-corrected chi connectivity index (χ0v) is 21.3. The van der Waals surface area contributed by atoms with E-state index in [2.05, 4.69) is 74.1 Å². The van der Waals surface area contributed by atoms with E-state index in [0.717, 1.165) is 62.1 Å². The van der Waals surface area contributed by atoms with Gasteiger partial charge in [0.25, 0.3) is 5.13 Å². The van der Waals surface area contributed by atoms with E-state index in [1.807, 2.05) is 55.5 Å². The predicted octanol–water partition coefficient (Wildman–Crippen LogP) is 9.45. The van der Waals surface area contributed by atoms with Crippen LogP contribution in [-0.4, -0.2) is 16.2 Å². The molecule has 0 spiro atoms. The van der Waals surface area contributed by atoms with Crippen LogP contribution in [0.2, 0.25) is 0 Å². The van der Waals surface area contributed by atoms with E-state index in [0.29, 0.717) is 11.2 Å². The van der Waals surface area contributed by atoms with Gasteiger partial charge in [-0.05, 0) is 44.0 Å². The lowest BCUT2D eigenvalue weighted by Gasteiger charge is -2.15. The Morgan fingerprint density at radius 2 is 1.22 bits per heavy atom. The van der Waals surface area contributed by atoms with Gasteiger partial charge in [0.05, 0.1) is 17.1 Å². The molecule has 0 amide bonds. The molecule has 1 heterocycles. The summed E-state index contributed by atoms with van der Waals surface area (Å²) in [5.74, 6) is 0. The highest BCUT2D eigenvalue weighted by Crippen LogP contribution is 2.37. The molecule has 5 rings (SSSR count). The number of fused-ring (bicyclic) bond motifs is 2. The molecule has 0 radical (unpaired) electrons. The van der Waals surface area contributed by atoms with Crippen LogP contribution in [-0.2, 0) is 6.42 Å². The Morgan fingerprint density at radius 3 is 1.78 bits per heavy atom. The van der Waals surface area contributed by atoms with Gasteiger partial charge in [0.2, 0.25) is 0 Å². The van der Waals surface area contributed by atoms with Gasteiger partial charge in [0.1, 0.15) is 5.01 Å². The van der Waals surface area contributed by atoms with Crippen LogP contribution in [0.5, 0.6) is 0 Å². The zero-order chi connectivity index (χ0) is 24.9. The number of aryl methyl sites for hydroxylation is 1. The molecule has 0 aliphatic heterocycles. The Balaban J connectivity index is 1.49. The number of nitrogens with zero attached hydrogens (tertiary/aromatic N) is 6. The Morgan fingerprint density at radius 1 is 0.694 bits per heavy atom. The lowest BCUT2D eigenvalue weighted by Crippen LogP contribution is -2.13. The van der Waals surface area contributed by atoms with Crippen molar-refractivity contribution in [3.63, 3.8) is 0 Å². The Hall–Kier alpha value is -4.04. The van der Waals surface area contributed by atoms with Gasteiger partial charge < -0.3 is 5.32 Å². The second-order valence-electron chi connectivity index (χ2n) is 8.51. The molecule has 7 nitrogen and oxygen atoms in total. The van der Waals surface area contributed by atoms with Crippen molar-refractivity contribution in [1.29, 1.82) is 0 Å². The molecule has 0 aliphatic rings. The van der Waals surface area contributed by atoms with Crippen molar-refractivity contribution in [2.75, 3.05) is 5.32 Å². The molecule has 1 unspecified atom stereocenters. The van der Waals surface area contributed by atoms with Crippen molar-refractivity contribution in [3.05, 3.63) is 77.8 Å². The summed E-state index contributed by atoms with van der Waals surface area (Å²) in [5.41, 5.74) is 3.47. The van der Waals surface area contributed by atoms with Gasteiger partial charge in [-0.1, -0.05) is 73.7 Å². The van der Waals surface area contributed by atoms with E-state index in [-0.39, 0.29) is 0 Å². The van der Waals surface area contributed by atoms with Crippen LogP contribution in [0.1, 0.15) is 32.2 Å². The fourth-order valence-electron chi connectivity index (χ4n) is 3.94. The number of anilines is 1. The van der Waals surface area contributed by atoms with Crippen LogP contribution in [0.4, 0.5) is 27.9 Å². The maximum absolute atomic E-state index is 4.66. The van der Waals surface area contributed by atoms with Crippen molar-refractivity contribution >= 4 is 60.8 Å². The first-order valence-corrected chi connectivity index (χ1v) is 12.9. The van der Waals surface area contributed by atoms with Crippen molar-refractivity contribution in [3.8, 4) is 0 Å². The lowest BCUT2D eigenvalue weighted by atomic mass is 10.1. The number of azo groups is 2. The third-order valence-corrected chi connectivity index (χ3v) is 7.01. The van der Waals surface area contributed by atoms with Crippen LogP contribution in [0, 0.1) is 0 Å². The minimum absolute atomic E-state index is 0.392. The minimum Gasteiger partial charge on any atom is -0.382 e. The summed E-state index contributed by atoms with van der Waals surface area (Å²) in [6, 6.07) is 24.7. The molecular formula is C28H27N7S. The topological polar surface area (TPSA) is 87.2 Å². The highest BCUT2D eigenvalue weighted by molar-refractivity contribution is 7.14. The summed E-state index contributed by atoms with van der Waals surface area (Å²) in [6.45, 7) is 6.41. The first-order valence-electron chi connectivity index (χ1n) is 12.1. The first-order chi connectivity index (χ1) is 17.7. The van der Waals surface area contributed by atoms with Crippen LogP contribution >= 0.6 is 11.3 Å². The molecule has 5 aromatic rings. The standard InChI is InChI=1S/C28H27N7S/c1-4-18(3)29-23-14-15-24(20-11-7-6-10-19(20)23)30-31-25-16-17-26(22-13-9-8-12-21(22)25)32-34-28-35-33-27(5-2)36-28/h6-18,29H,4-5H2,1-3H3/b31-30+,34-32+. The largest absolute Gasteiger partial charge is 0.382 e. The smallest absolute Gasteiger partial charge is 0.251 e. The second kappa shape index (κ2) is 10.7. The zero-order valence-electron chi connectivity index (χ0n) is 20.5. The van der Waals surface area contributed by atoms with E-state index in [9.17, 15) is 0 Å². The molecule has 1 atom stereocenters. The monoisotopic (exact) mass is 493 g/mol. The predicted molar refractivity (Wildman–Crippen MR) is 149 cm³/mol. The number of rotatable bonds is 8. The maximum atomic E-state index is 4.66. The summed E-state index contributed by atoms with van der Waals surface area (Å²) in [7, 11) is 0. The third-order valence-electron chi connectivity index (χ3n) is 6.06. The molecular weight excluding hydrogens is 466 g/mol.